The summed E-state index contributed by atoms with van der Waals surface area (Å²) >= 11 is 0. The normalized spacial score (nSPS) is 15.6. The molecule has 6 nitrogen and oxygen atoms in total. The first kappa shape index (κ1) is 12.3. The molecule has 0 bridgehead atoms. The summed E-state index contributed by atoms with van der Waals surface area (Å²) in [6.07, 6.45) is 6.10. The Balaban J connectivity index is 1.81. The van der Waals surface area contributed by atoms with Crippen LogP contribution in [0.2, 0.25) is 0 Å². The third-order valence-electron chi connectivity index (χ3n) is 2.93. The molecule has 19 heavy (non-hydrogen) atoms. The van der Waals surface area contributed by atoms with Crippen LogP contribution in [-0.4, -0.2) is 23.6 Å². The number of rotatable bonds is 5. The van der Waals surface area contributed by atoms with Gasteiger partial charge in [0.2, 0.25) is 10.0 Å². The third kappa shape index (κ3) is 2.66. The van der Waals surface area contributed by atoms with Crippen LogP contribution >= 0.6 is 0 Å². The number of hydrogen-bond acceptors (Lipinski definition) is 5. The van der Waals surface area contributed by atoms with Gasteiger partial charge in [-0.1, -0.05) is 0 Å². The lowest BCUT2D eigenvalue weighted by Gasteiger charge is -2.07. The third-order valence-corrected chi connectivity index (χ3v) is 4.83. The Hall–Kier alpha value is -1.73. The molecule has 0 saturated heterocycles. The highest BCUT2D eigenvalue weighted by atomic mass is 32.2. The maximum absolute atomic E-state index is 11.8. The van der Waals surface area contributed by atoms with Gasteiger partial charge in [-0.05, 0) is 25.0 Å². The van der Waals surface area contributed by atoms with Crippen LogP contribution in [0.15, 0.2) is 35.2 Å². The fraction of sp³-hybridized carbons (Fsp3) is 0.333. The molecule has 0 amide bonds. The van der Waals surface area contributed by atoms with E-state index in [4.69, 9.17) is 4.42 Å². The minimum absolute atomic E-state index is 0.128. The van der Waals surface area contributed by atoms with Gasteiger partial charge < -0.3 is 4.42 Å². The molecular weight excluding hydrogens is 266 g/mol. The highest BCUT2D eigenvalue weighted by Crippen LogP contribution is 2.28. The van der Waals surface area contributed by atoms with Crippen molar-refractivity contribution < 1.29 is 12.8 Å². The van der Waals surface area contributed by atoms with E-state index >= 15 is 0 Å². The van der Waals surface area contributed by atoms with Gasteiger partial charge in [-0.2, -0.15) is 0 Å². The summed E-state index contributed by atoms with van der Waals surface area (Å²) < 4.78 is 31.4. The number of nitrogens with one attached hydrogen (secondary N) is 1. The summed E-state index contributed by atoms with van der Waals surface area (Å²) in [5.74, 6) is 0.578. The molecule has 2 aromatic rings. The lowest BCUT2D eigenvalue weighted by atomic mass is 10.2. The van der Waals surface area contributed by atoms with Gasteiger partial charge in [0, 0.05) is 12.4 Å². The summed E-state index contributed by atoms with van der Waals surface area (Å²) in [5, 5.41) is -0.240. The predicted octanol–water partition coefficient (Wildman–Crippen LogP) is 1.32. The molecule has 1 fully saturated rings. The molecule has 0 atom stereocenters. The number of furan rings is 1. The number of aromatic nitrogens is 2. The van der Waals surface area contributed by atoms with E-state index in [0.29, 0.717) is 17.1 Å². The first-order valence-corrected chi connectivity index (χ1v) is 7.54. The summed E-state index contributed by atoms with van der Waals surface area (Å²) in [4.78, 5) is 8.36. The van der Waals surface area contributed by atoms with Gasteiger partial charge in [0.1, 0.15) is 5.69 Å². The Kier molecular flexibility index (Phi) is 3.08. The molecule has 2 heterocycles. The minimum Gasteiger partial charge on any atom is -0.463 e. The highest BCUT2D eigenvalue weighted by molar-refractivity contribution is 7.90. The Bertz CT molecular complexity index is 663. The van der Waals surface area contributed by atoms with Crippen LogP contribution in [-0.2, 0) is 16.6 Å². The van der Waals surface area contributed by atoms with Gasteiger partial charge in [0.25, 0.3) is 0 Å². The van der Waals surface area contributed by atoms with Crippen molar-refractivity contribution in [2.75, 3.05) is 0 Å². The van der Waals surface area contributed by atoms with Crippen molar-refractivity contribution in [3.05, 3.63) is 36.5 Å². The van der Waals surface area contributed by atoms with Crippen molar-refractivity contribution >= 4 is 10.0 Å². The SMILES string of the molecule is O=S(=O)(NCc1nccnc1-c1ccco1)C1CC1. The second-order valence-electron chi connectivity index (χ2n) is 4.39. The zero-order chi connectivity index (χ0) is 13.3. The van der Waals surface area contributed by atoms with Crippen molar-refractivity contribution in [2.45, 2.75) is 24.6 Å². The van der Waals surface area contributed by atoms with Gasteiger partial charge in [0.05, 0.1) is 23.8 Å². The van der Waals surface area contributed by atoms with Crippen LogP contribution < -0.4 is 4.72 Å². The molecule has 1 aliphatic rings. The molecule has 0 unspecified atom stereocenters. The van der Waals surface area contributed by atoms with Crippen LogP contribution in [0.1, 0.15) is 18.5 Å². The number of nitrogens with zero attached hydrogens (tertiary/aromatic N) is 2. The van der Waals surface area contributed by atoms with Gasteiger partial charge >= 0.3 is 0 Å². The van der Waals surface area contributed by atoms with Gasteiger partial charge in [-0.15, -0.1) is 0 Å². The van der Waals surface area contributed by atoms with E-state index in [0.717, 1.165) is 12.8 Å². The van der Waals surface area contributed by atoms with Crippen LogP contribution in [0.4, 0.5) is 0 Å². The Morgan fingerprint density at radius 2 is 2.11 bits per heavy atom. The Morgan fingerprint density at radius 3 is 2.79 bits per heavy atom. The van der Waals surface area contributed by atoms with Crippen molar-refractivity contribution in [1.82, 2.24) is 14.7 Å². The van der Waals surface area contributed by atoms with E-state index in [1.165, 1.54) is 6.20 Å². The Morgan fingerprint density at radius 1 is 1.32 bits per heavy atom. The summed E-state index contributed by atoms with van der Waals surface area (Å²) in [7, 11) is -3.22. The summed E-state index contributed by atoms with van der Waals surface area (Å²) in [6.45, 7) is 0.128. The van der Waals surface area contributed by atoms with E-state index in [-0.39, 0.29) is 11.8 Å². The lowest BCUT2D eigenvalue weighted by molar-refractivity contribution is 0.573. The molecule has 2 aromatic heterocycles. The average Bonchev–Trinajstić information content (AvgIpc) is 3.14. The minimum atomic E-state index is -3.22. The molecule has 3 rings (SSSR count). The standard InChI is InChI=1S/C12H13N3O3S/c16-19(17,9-3-4-9)15-8-10-12(14-6-5-13-10)11-2-1-7-18-11/h1-2,5-7,9,15H,3-4,8H2. The number of hydrogen-bond donors (Lipinski definition) is 1. The lowest BCUT2D eigenvalue weighted by Crippen LogP contribution is -2.27. The van der Waals surface area contributed by atoms with E-state index in [9.17, 15) is 8.42 Å². The monoisotopic (exact) mass is 279 g/mol. The Labute approximate surface area is 110 Å². The van der Waals surface area contributed by atoms with E-state index in [1.807, 2.05) is 0 Å². The zero-order valence-corrected chi connectivity index (χ0v) is 10.9. The average molecular weight is 279 g/mol. The molecule has 7 heteroatoms. The molecule has 1 saturated carbocycles. The molecule has 0 aliphatic heterocycles. The maximum Gasteiger partial charge on any atom is 0.214 e. The summed E-state index contributed by atoms with van der Waals surface area (Å²) in [6, 6.07) is 3.52. The first-order valence-electron chi connectivity index (χ1n) is 5.99. The van der Waals surface area contributed by atoms with Crippen molar-refractivity contribution in [3.63, 3.8) is 0 Å². The topological polar surface area (TPSA) is 85.1 Å². The van der Waals surface area contributed by atoms with Crippen LogP contribution in [0, 0.1) is 0 Å². The molecule has 0 radical (unpaired) electrons. The molecule has 1 aliphatic carbocycles. The van der Waals surface area contributed by atoms with Crippen molar-refractivity contribution in [2.24, 2.45) is 0 Å². The van der Waals surface area contributed by atoms with E-state index in [2.05, 4.69) is 14.7 Å². The molecule has 0 aromatic carbocycles. The fourth-order valence-corrected chi connectivity index (χ4v) is 3.11. The largest absolute Gasteiger partial charge is 0.463 e. The zero-order valence-electron chi connectivity index (χ0n) is 10.1. The predicted molar refractivity (Wildman–Crippen MR) is 68.5 cm³/mol. The van der Waals surface area contributed by atoms with Crippen LogP contribution in [0.5, 0.6) is 0 Å². The maximum atomic E-state index is 11.8. The molecular formula is C12H13N3O3S. The van der Waals surface area contributed by atoms with E-state index in [1.54, 1.807) is 24.6 Å². The van der Waals surface area contributed by atoms with Crippen LogP contribution in [0.3, 0.4) is 0 Å². The van der Waals surface area contributed by atoms with Gasteiger partial charge in [0.15, 0.2) is 5.76 Å². The second-order valence-corrected chi connectivity index (χ2v) is 6.44. The van der Waals surface area contributed by atoms with Gasteiger partial charge in [-0.3, -0.25) is 4.98 Å². The first-order chi connectivity index (χ1) is 9.17. The molecule has 1 N–H and O–H groups in total. The smallest absolute Gasteiger partial charge is 0.214 e. The van der Waals surface area contributed by atoms with Gasteiger partial charge in [-0.25, -0.2) is 18.1 Å². The molecule has 0 spiro atoms. The van der Waals surface area contributed by atoms with Crippen molar-refractivity contribution in [1.29, 1.82) is 0 Å². The fourth-order valence-electron chi connectivity index (χ4n) is 1.78. The van der Waals surface area contributed by atoms with Crippen LogP contribution in [0.25, 0.3) is 11.5 Å². The van der Waals surface area contributed by atoms with E-state index < -0.39 is 10.0 Å². The highest BCUT2D eigenvalue weighted by Gasteiger charge is 2.35. The number of sulfonamides is 1. The summed E-state index contributed by atoms with van der Waals surface area (Å²) in [5.41, 5.74) is 1.12. The second kappa shape index (κ2) is 4.75. The quantitative estimate of drug-likeness (QED) is 0.892. The van der Waals surface area contributed by atoms with Crippen molar-refractivity contribution in [3.8, 4) is 11.5 Å². The molecule has 100 valence electrons.